The molecule has 0 saturated carbocycles. The van der Waals surface area contributed by atoms with Gasteiger partial charge < -0.3 is 5.32 Å². The number of rotatable bonds is 4. The highest BCUT2D eigenvalue weighted by Gasteiger charge is 2.19. The molecule has 9 nitrogen and oxygen atoms in total. The van der Waals surface area contributed by atoms with Gasteiger partial charge in [0.15, 0.2) is 5.69 Å². The number of hydrogen-bond acceptors (Lipinski definition) is 6. The Balaban J connectivity index is 1.60. The Morgan fingerprint density at radius 1 is 1.03 bits per heavy atom. The molecule has 10 heteroatoms. The number of nitrogens with zero attached hydrogens (tertiary/aromatic N) is 3. The minimum Gasteiger partial charge on any atom is -0.321 e. The second-order valence-corrected chi connectivity index (χ2v) is 9.23. The van der Waals surface area contributed by atoms with E-state index in [4.69, 9.17) is 0 Å². The molecular formula is C22H23N5O4S. The fourth-order valence-corrected chi connectivity index (χ4v) is 4.70. The van der Waals surface area contributed by atoms with E-state index in [0.29, 0.717) is 35.3 Å². The van der Waals surface area contributed by atoms with Gasteiger partial charge in [-0.25, -0.2) is 13.1 Å². The number of anilines is 1. The molecule has 2 N–H and O–H groups in total. The normalized spacial score (nSPS) is 14.5. The molecule has 3 aromatic rings. The third-order valence-corrected chi connectivity index (χ3v) is 6.58. The van der Waals surface area contributed by atoms with E-state index < -0.39 is 15.9 Å². The minimum absolute atomic E-state index is 0.0144. The van der Waals surface area contributed by atoms with Gasteiger partial charge in [-0.3, -0.25) is 19.3 Å². The summed E-state index contributed by atoms with van der Waals surface area (Å²) in [5, 5.41) is 7.58. The highest BCUT2D eigenvalue weighted by Crippen LogP contribution is 2.19. The Kier molecular flexibility index (Phi) is 6.04. The Hall–Kier alpha value is -3.53. The lowest BCUT2D eigenvalue weighted by Gasteiger charge is -2.12. The number of aryl methyl sites for hydroxylation is 1. The van der Waals surface area contributed by atoms with Crippen LogP contribution in [0.15, 0.2) is 63.2 Å². The number of carbonyl (C=O) groups is 1. The van der Waals surface area contributed by atoms with E-state index in [-0.39, 0.29) is 16.1 Å². The maximum absolute atomic E-state index is 12.9. The van der Waals surface area contributed by atoms with Crippen molar-refractivity contribution >= 4 is 38.2 Å². The van der Waals surface area contributed by atoms with Crippen molar-refractivity contribution < 1.29 is 13.2 Å². The average molecular weight is 454 g/mol. The van der Waals surface area contributed by atoms with Gasteiger partial charge in [0, 0.05) is 31.1 Å². The molecule has 0 spiro atoms. The van der Waals surface area contributed by atoms with E-state index in [1.165, 1.54) is 19.2 Å². The predicted molar refractivity (Wildman–Crippen MR) is 122 cm³/mol. The smallest absolute Gasteiger partial charge is 0.276 e. The lowest BCUT2D eigenvalue weighted by molar-refractivity contribution is 0.102. The molecule has 2 aromatic carbocycles. The first-order valence-electron chi connectivity index (χ1n) is 10.3. The molecular weight excluding hydrogens is 430 g/mol. The van der Waals surface area contributed by atoms with Crippen LogP contribution in [-0.2, 0) is 17.1 Å². The summed E-state index contributed by atoms with van der Waals surface area (Å²) in [5.41, 5.74) is 0.0556. The molecule has 0 unspecified atom stereocenters. The zero-order valence-electron chi connectivity index (χ0n) is 17.5. The van der Waals surface area contributed by atoms with Crippen LogP contribution in [-0.4, -0.2) is 36.5 Å². The number of carbonyl (C=O) groups excluding carboxylic acids is 1. The van der Waals surface area contributed by atoms with Crippen LogP contribution in [0.2, 0.25) is 0 Å². The molecule has 0 fully saturated rings. The summed E-state index contributed by atoms with van der Waals surface area (Å²) in [6.45, 7) is 0.606. The number of amides is 1. The van der Waals surface area contributed by atoms with Gasteiger partial charge in [-0.05, 0) is 37.1 Å². The number of aliphatic imine (C=N–C) groups is 1. The summed E-state index contributed by atoms with van der Waals surface area (Å²) in [5.74, 6) is -0.0924. The number of fused-ring (bicyclic) bond motifs is 1. The van der Waals surface area contributed by atoms with Gasteiger partial charge in [-0.15, -0.1) is 0 Å². The zero-order valence-corrected chi connectivity index (χ0v) is 18.4. The molecule has 0 atom stereocenters. The standard InChI is InChI=1S/C22H23N5O4S/c1-27-22(29)18-11-5-4-10-17(18)20(25-27)21(28)24-15-8-7-9-16(14-15)32(30,31)26-19-12-3-2-6-13-23-19/h4-5,7-11,14H,2-3,6,12-13H2,1H3,(H,23,26)(H,24,28). The van der Waals surface area contributed by atoms with Crippen molar-refractivity contribution in [1.82, 2.24) is 14.5 Å². The molecule has 166 valence electrons. The average Bonchev–Trinajstić information content (AvgIpc) is 3.04. The number of nitrogens with one attached hydrogen (secondary N) is 2. The summed E-state index contributed by atoms with van der Waals surface area (Å²) in [7, 11) is -2.37. The van der Waals surface area contributed by atoms with Crippen molar-refractivity contribution in [3.05, 3.63) is 64.6 Å². The number of amidine groups is 1. The number of sulfonamides is 1. The summed E-state index contributed by atoms with van der Waals surface area (Å²) < 4.78 is 29.3. The second kappa shape index (κ2) is 8.91. The van der Waals surface area contributed by atoms with Gasteiger partial charge in [-0.2, -0.15) is 5.10 Å². The fourth-order valence-electron chi connectivity index (χ4n) is 3.57. The summed E-state index contributed by atoms with van der Waals surface area (Å²) in [6.07, 6.45) is 3.43. The van der Waals surface area contributed by atoms with Crippen molar-refractivity contribution in [3.63, 3.8) is 0 Å². The Labute approximate surface area is 185 Å². The molecule has 1 aromatic heterocycles. The maximum atomic E-state index is 12.9. The fraction of sp³-hybridized carbons (Fsp3) is 0.273. The van der Waals surface area contributed by atoms with Crippen LogP contribution in [0.25, 0.3) is 10.8 Å². The van der Waals surface area contributed by atoms with E-state index in [1.807, 2.05) is 0 Å². The van der Waals surface area contributed by atoms with Crippen LogP contribution >= 0.6 is 0 Å². The van der Waals surface area contributed by atoms with Gasteiger partial charge in [0.1, 0.15) is 5.84 Å². The van der Waals surface area contributed by atoms with Crippen molar-refractivity contribution in [2.75, 3.05) is 11.9 Å². The molecule has 0 bridgehead atoms. The molecule has 4 rings (SSSR count). The van der Waals surface area contributed by atoms with Crippen LogP contribution in [0.5, 0.6) is 0 Å². The minimum atomic E-state index is -3.84. The molecule has 0 saturated heterocycles. The Morgan fingerprint density at radius 2 is 1.81 bits per heavy atom. The summed E-state index contributed by atoms with van der Waals surface area (Å²) in [4.78, 5) is 29.5. The lowest BCUT2D eigenvalue weighted by Crippen LogP contribution is -2.30. The number of aromatic nitrogens is 2. The van der Waals surface area contributed by atoms with Crippen LogP contribution in [0.4, 0.5) is 5.69 Å². The van der Waals surface area contributed by atoms with Gasteiger partial charge in [0.2, 0.25) is 0 Å². The highest BCUT2D eigenvalue weighted by atomic mass is 32.2. The largest absolute Gasteiger partial charge is 0.321 e. The van der Waals surface area contributed by atoms with Crippen LogP contribution in [0.3, 0.4) is 0 Å². The Bertz CT molecular complexity index is 1380. The molecule has 1 aliphatic heterocycles. The van der Waals surface area contributed by atoms with Crippen molar-refractivity contribution in [2.24, 2.45) is 12.0 Å². The van der Waals surface area contributed by atoms with Crippen LogP contribution < -0.4 is 15.6 Å². The van der Waals surface area contributed by atoms with E-state index in [1.54, 1.807) is 36.4 Å². The van der Waals surface area contributed by atoms with E-state index in [0.717, 1.165) is 23.9 Å². The molecule has 1 aliphatic rings. The topological polar surface area (TPSA) is 123 Å². The second-order valence-electron chi connectivity index (χ2n) is 7.55. The first kappa shape index (κ1) is 21.7. The first-order valence-corrected chi connectivity index (χ1v) is 11.8. The lowest BCUT2D eigenvalue weighted by atomic mass is 10.1. The van der Waals surface area contributed by atoms with Crippen LogP contribution in [0, 0.1) is 0 Å². The molecule has 32 heavy (non-hydrogen) atoms. The van der Waals surface area contributed by atoms with E-state index in [2.05, 4.69) is 20.1 Å². The molecule has 0 aliphatic carbocycles. The highest BCUT2D eigenvalue weighted by molar-refractivity contribution is 7.90. The summed E-state index contributed by atoms with van der Waals surface area (Å²) >= 11 is 0. The van der Waals surface area contributed by atoms with Gasteiger partial charge in [0.05, 0.1) is 10.3 Å². The predicted octanol–water partition coefficient (Wildman–Crippen LogP) is 2.44. The van der Waals surface area contributed by atoms with Gasteiger partial charge in [-0.1, -0.05) is 30.7 Å². The third kappa shape index (κ3) is 4.54. The van der Waals surface area contributed by atoms with Crippen LogP contribution in [0.1, 0.15) is 36.2 Å². The monoisotopic (exact) mass is 453 g/mol. The maximum Gasteiger partial charge on any atom is 0.276 e. The first-order chi connectivity index (χ1) is 15.3. The van der Waals surface area contributed by atoms with Crippen molar-refractivity contribution in [1.29, 1.82) is 0 Å². The molecule has 1 amide bonds. The zero-order chi connectivity index (χ0) is 22.7. The SMILES string of the molecule is Cn1nc(C(=O)Nc2cccc(S(=O)(=O)NC3=NCCCCC3)c2)c2ccccc2c1=O. The number of benzene rings is 2. The van der Waals surface area contributed by atoms with Crippen molar-refractivity contribution in [2.45, 2.75) is 30.6 Å². The van der Waals surface area contributed by atoms with E-state index >= 15 is 0 Å². The van der Waals surface area contributed by atoms with Gasteiger partial charge >= 0.3 is 0 Å². The molecule has 2 heterocycles. The molecule has 0 radical (unpaired) electrons. The number of hydrogen-bond donors (Lipinski definition) is 2. The summed E-state index contributed by atoms with van der Waals surface area (Å²) in [6, 6.07) is 12.7. The van der Waals surface area contributed by atoms with Crippen molar-refractivity contribution in [3.8, 4) is 0 Å². The van der Waals surface area contributed by atoms with E-state index in [9.17, 15) is 18.0 Å². The third-order valence-electron chi connectivity index (χ3n) is 5.20. The quantitative estimate of drug-likeness (QED) is 0.628. The Morgan fingerprint density at radius 3 is 2.62 bits per heavy atom. The van der Waals surface area contributed by atoms with Gasteiger partial charge in [0.25, 0.3) is 21.5 Å².